The third-order valence-corrected chi connectivity index (χ3v) is 3.75. The van der Waals surface area contributed by atoms with Gasteiger partial charge in [-0.25, -0.2) is 0 Å². The van der Waals surface area contributed by atoms with Crippen LogP contribution in [-0.2, 0) is 14.3 Å². The van der Waals surface area contributed by atoms with Crippen LogP contribution in [0.2, 0.25) is 0 Å². The first-order chi connectivity index (χ1) is 10.8. The van der Waals surface area contributed by atoms with Crippen molar-refractivity contribution in [3.63, 3.8) is 0 Å². The Morgan fingerprint density at radius 2 is 2.09 bits per heavy atom. The van der Waals surface area contributed by atoms with Crippen LogP contribution in [0.15, 0.2) is 12.1 Å². The van der Waals surface area contributed by atoms with Crippen LogP contribution in [0.3, 0.4) is 0 Å². The molecule has 2 rings (SSSR count). The lowest BCUT2D eigenvalue weighted by Crippen LogP contribution is -2.22. The van der Waals surface area contributed by atoms with Gasteiger partial charge in [-0.05, 0) is 24.8 Å². The fourth-order valence-corrected chi connectivity index (χ4v) is 2.19. The molecule has 0 radical (unpaired) electrons. The summed E-state index contributed by atoms with van der Waals surface area (Å²) in [6.07, 6.45) is 0.791. The molecule has 2 atom stereocenters. The molecule has 1 aromatic rings. The van der Waals surface area contributed by atoms with Gasteiger partial charge in [0.25, 0.3) is 5.91 Å². The fourth-order valence-electron chi connectivity index (χ4n) is 2.19. The van der Waals surface area contributed by atoms with Crippen LogP contribution < -0.4 is 10.1 Å². The van der Waals surface area contributed by atoms with Gasteiger partial charge in [-0.3, -0.25) is 19.7 Å². The van der Waals surface area contributed by atoms with Crippen LogP contribution in [0.1, 0.15) is 18.9 Å². The van der Waals surface area contributed by atoms with E-state index in [0.29, 0.717) is 17.2 Å². The first-order valence-electron chi connectivity index (χ1n) is 7.13. The molecule has 124 valence electrons. The Morgan fingerprint density at radius 3 is 2.61 bits per heavy atom. The summed E-state index contributed by atoms with van der Waals surface area (Å²) in [5, 5.41) is 13.5. The van der Waals surface area contributed by atoms with E-state index in [0.717, 1.165) is 6.42 Å². The number of carbonyl (C=O) groups is 2. The van der Waals surface area contributed by atoms with Gasteiger partial charge in [0.1, 0.15) is 0 Å². The summed E-state index contributed by atoms with van der Waals surface area (Å²) in [5.74, 6) is -0.633. The highest BCUT2D eigenvalue weighted by molar-refractivity contribution is 5.94. The van der Waals surface area contributed by atoms with E-state index in [1.165, 1.54) is 19.2 Å². The number of nitro benzene ring substituents is 1. The van der Waals surface area contributed by atoms with Crippen LogP contribution in [0, 0.1) is 28.9 Å². The van der Waals surface area contributed by atoms with Gasteiger partial charge in [0.15, 0.2) is 12.4 Å². The van der Waals surface area contributed by atoms with E-state index >= 15 is 0 Å². The van der Waals surface area contributed by atoms with Crippen molar-refractivity contribution in [2.24, 2.45) is 11.8 Å². The van der Waals surface area contributed by atoms with Crippen LogP contribution in [0.5, 0.6) is 5.75 Å². The molecule has 1 amide bonds. The molecule has 1 fully saturated rings. The minimum atomic E-state index is -0.560. The Hall–Kier alpha value is -2.64. The van der Waals surface area contributed by atoms with Gasteiger partial charge in [-0.2, -0.15) is 0 Å². The van der Waals surface area contributed by atoms with Gasteiger partial charge in [0.05, 0.1) is 18.0 Å². The molecule has 1 aliphatic carbocycles. The average Bonchev–Trinajstić information content (AvgIpc) is 3.23. The lowest BCUT2D eigenvalue weighted by Gasteiger charge is -2.11. The van der Waals surface area contributed by atoms with Crippen molar-refractivity contribution < 1.29 is 24.0 Å². The summed E-state index contributed by atoms with van der Waals surface area (Å²) < 4.78 is 9.89. The molecular formula is C15H18N2O6. The van der Waals surface area contributed by atoms with Gasteiger partial charge >= 0.3 is 11.7 Å². The summed E-state index contributed by atoms with van der Waals surface area (Å²) in [7, 11) is 1.31. The Balaban J connectivity index is 2.00. The van der Waals surface area contributed by atoms with Crippen LogP contribution >= 0.6 is 0 Å². The van der Waals surface area contributed by atoms with E-state index < -0.39 is 10.8 Å². The van der Waals surface area contributed by atoms with Gasteiger partial charge in [0, 0.05) is 17.8 Å². The molecule has 0 spiro atoms. The maximum absolute atomic E-state index is 11.8. The highest BCUT2D eigenvalue weighted by Crippen LogP contribution is 2.38. The Labute approximate surface area is 132 Å². The topological polar surface area (TPSA) is 108 Å². The van der Waals surface area contributed by atoms with Crippen molar-refractivity contribution >= 4 is 23.3 Å². The molecule has 1 aliphatic rings. The smallest absolute Gasteiger partial charge is 0.311 e. The van der Waals surface area contributed by atoms with Crippen LogP contribution in [0.4, 0.5) is 11.4 Å². The largest absolute Gasteiger partial charge is 0.490 e. The second-order valence-corrected chi connectivity index (χ2v) is 5.57. The molecule has 1 saturated carbocycles. The molecule has 0 aliphatic heterocycles. The summed E-state index contributed by atoms with van der Waals surface area (Å²) in [6.45, 7) is 3.18. The molecule has 0 unspecified atom stereocenters. The number of carbonyl (C=O) groups excluding carboxylic acids is 2. The number of amides is 1. The van der Waals surface area contributed by atoms with Crippen molar-refractivity contribution in [2.75, 3.05) is 19.0 Å². The molecule has 0 bridgehead atoms. The van der Waals surface area contributed by atoms with Crippen molar-refractivity contribution in [3.8, 4) is 5.75 Å². The monoisotopic (exact) mass is 322 g/mol. The maximum Gasteiger partial charge on any atom is 0.311 e. The Kier molecular flexibility index (Phi) is 4.83. The zero-order valence-electron chi connectivity index (χ0n) is 13.1. The first-order valence-corrected chi connectivity index (χ1v) is 7.13. The van der Waals surface area contributed by atoms with E-state index in [1.54, 1.807) is 6.92 Å². The van der Waals surface area contributed by atoms with Crippen LogP contribution in [-0.4, -0.2) is 30.5 Å². The third-order valence-electron chi connectivity index (χ3n) is 3.75. The molecular weight excluding hydrogens is 304 g/mol. The predicted octanol–water partition coefficient (Wildman–Crippen LogP) is 2.05. The molecule has 0 heterocycles. The van der Waals surface area contributed by atoms with Crippen LogP contribution in [0.25, 0.3) is 0 Å². The number of hydrogen-bond acceptors (Lipinski definition) is 6. The summed E-state index contributed by atoms with van der Waals surface area (Å²) in [6, 6.07) is 2.68. The summed E-state index contributed by atoms with van der Waals surface area (Å²) in [5.41, 5.74) is 0.693. The minimum Gasteiger partial charge on any atom is -0.490 e. The molecule has 0 aromatic heterocycles. The zero-order valence-corrected chi connectivity index (χ0v) is 13.1. The van der Waals surface area contributed by atoms with Gasteiger partial charge in [-0.15, -0.1) is 0 Å². The SMILES string of the molecule is COc1cc(NC(=O)COC(=O)[C@@H]2C[C@@H]2C)c(C)cc1[N+](=O)[O-]. The Morgan fingerprint density at radius 1 is 1.43 bits per heavy atom. The zero-order chi connectivity index (χ0) is 17.1. The highest BCUT2D eigenvalue weighted by Gasteiger charge is 2.40. The van der Waals surface area contributed by atoms with E-state index in [4.69, 9.17) is 9.47 Å². The molecule has 8 nitrogen and oxygen atoms in total. The number of nitrogens with one attached hydrogen (secondary N) is 1. The summed E-state index contributed by atoms with van der Waals surface area (Å²) >= 11 is 0. The quantitative estimate of drug-likeness (QED) is 0.488. The highest BCUT2D eigenvalue weighted by atomic mass is 16.6. The minimum absolute atomic E-state index is 0.0414. The predicted molar refractivity (Wildman–Crippen MR) is 81.2 cm³/mol. The van der Waals surface area contributed by atoms with Gasteiger partial charge < -0.3 is 14.8 Å². The first kappa shape index (κ1) is 16.7. The number of ether oxygens (including phenoxy) is 2. The number of nitro groups is 1. The van der Waals surface area contributed by atoms with E-state index in [9.17, 15) is 19.7 Å². The fraction of sp³-hybridized carbons (Fsp3) is 0.467. The second-order valence-electron chi connectivity index (χ2n) is 5.57. The Bertz CT molecular complexity index is 658. The number of anilines is 1. The average molecular weight is 322 g/mol. The standard InChI is InChI=1S/C15H18N2O6/c1-8-4-10(8)15(19)23-7-14(18)16-11-6-13(22-3)12(17(20)21)5-9(11)2/h5-6,8,10H,4,7H2,1-3H3,(H,16,18)/t8-,10+/m0/s1. The molecule has 0 saturated heterocycles. The van der Waals surface area contributed by atoms with E-state index in [-0.39, 0.29) is 29.9 Å². The number of nitrogens with zero attached hydrogens (tertiary/aromatic N) is 1. The van der Waals surface area contributed by atoms with E-state index in [1.807, 2.05) is 6.92 Å². The molecule has 1 aromatic carbocycles. The maximum atomic E-state index is 11.8. The van der Waals surface area contributed by atoms with E-state index in [2.05, 4.69) is 5.32 Å². The number of esters is 1. The van der Waals surface area contributed by atoms with Crippen molar-refractivity contribution in [1.29, 1.82) is 0 Å². The second kappa shape index (κ2) is 6.64. The molecule has 8 heteroatoms. The number of methoxy groups -OCH3 is 1. The van der Waals surface area contributed by atoms with Crippen molar-refractivity contribution in [3.05, 3.63) is 27.8 Å². The lowest BCUT2D eigenvalue weighted by atomic mass is 10.1. The van der Waals surface area contributed by atoms with Gasteiger partial charge in [0.2, 0.25) is 0 Å². The lowest BCUT2D eigenvalue weighted by molar-refractivity contribution is -0.385. The number of aryl methyl sites for hydroxylation is 1. The summed E-state index contributed by atoms with van der Waals surface area (Å²) in [4.78, 5) is 33.8. The number of benzene rings is 1. The van der Waals surface area contributed by atoms with Crippen molar-refractivity contribution in [2.45, 2.75) is 20.3 Å². The van der Waals surface area contributed by atoms with Gasteiger partial charge in [-0.1, -0.05) is 6.92 Å². The number of rotatable bonds is 6. The normalized spacial score (nSPS) is 18.9. The third kappa shape index (κ3) is 3.97. The molecule has 1 N–H and O–H groups in total. The van der Waals surface area contributed by atoms with Crippen molar-refractivity contribution in [1.82, 2.24) is 0 Å². The molecule has 23 heavy (non-hydrogen) atoms. The number of hydrogen-bond donors (Lipinski definition) is 1.